The first-order valence-electron chi connectivity index (χ1n) is 6.06. The Morgan fingerprint density at radius 1 is 1.22 bits per heavy atom. The quantitative estimate of drug-likeness (QED) is 0.600. The Labute approximate surface area is 139 Å². The zero-order valence-corrected chi connectivity index (χ0v) is 13.8. The third kappa shape index (κ3) is 4.12. The number of hydrogen-bond acceptors (Lipinski definition) is 5. The third-order valence-electron chi connectivity index (χ3n) is 2.83. The first kappa shape index (κ1) is 17.1. The normalized spacial score (nSPS) is 11.0. The Kier molecular flexibility index (Phi) is 4.78. The number of nitrogens with zero attached hydrogens (tertiary/aromatic N) is 1. The van der Waals surface area contributed by atoms with Crippen molar-refractivity contribution in [2.45, 2.75) is 4.90 Å². The molecule has 0 aromatic heterocycles. The summed E-state index contributed by atoms with van der Waals surface area (Å²) in [5.74, 6) is -0.618. The highest BCUT2D eigenvalue weighted by molar-refractivity contribution is 9.10. The maximum atomic E-state index is 12.1. The van der Waals surface area contributed by atoms with Crippen LogP contribution in [-0.2, 0) is 10.0 Å². The van der Waals surface area contributed by atoms with Gasteiger partial charge in [0.05, 0.1) is 14.3 Å². The molecule has 2 aromatic rings. The minimum absolute atomic E-state index is 0.0564. The van der Waals surface area contributed by atoms with Gasteiger partial charge in [-0.05, 0) is 46.3 Å². The van der Waals surface area contributed by atoms with Gasteiger partial charge in [-0.25, -0.2) is 13.6 Å². The molecule has 0 atom stereocenters. The first-order valence-corrected chi connectivity index (χ1v) is 8.40. The van der Waals surface area contributed by atoms with Gasteiger partial charge in [0.2, 0.25) is 10.0 Å². The number of nitro groups is 1. The Morgan fingerprint density at radius 2 is 1.91 bits per heavy atom. The van der Waals surface area contributed by atoms with Crippen LogP contribution in [0.3, 0.4) is 0 Å². The van der Waals surface area contributed by atoms with Gasteiger partial charge in [-0.2, -0.15) is 0 Å². The van der Waals surface area contributed by atoms with Crippen LogP contribution in [0.25, 0.3) is 0 Å². The molecule has 1 amide bonds. The van der Waals surface area contributed by atoms with Crippen LogP contribution in [0.15, 0.2) is 51.8 Å². The predicted molar refractivity (Wildman–Crippen MR) is 86.6 cm³/mol. The van der Waals surface area contributed by atoms with Crippen LogP contribution in [0, 0.1) is 10.1 Å². The van der Waals surface area contributed by atoms with Crippen molar-refractivity contribution in [3.05, 3.63) is 62.6 Å². The topological polar surface area (TPSA) is 132 Å². The van der Waals surface area contributed by atoms with E-state index >= 15 is 0 Å². The highest BCUT2D eigenvalue weighted by Gasteiger charge is 2.16. The van der Waals surface area contributed by atoms with E-state index in [4.69, 9.17) is 5.14 Å². The maximum absolute atomic E-state index is 12.1. The van der Waals surface area contributed by atoms with Gasteiger partial charge < -0.3 is 5.32 Å². The van der Waals surface area contributed by atoms with Crippen molar-refractivity contribution in [3.8, 4) is 0 Å². The van der Waals surface area contributed by atoms with Crippen molar-refractivity contribution in [1.29, 1.82) is 0 Å². The molecule has 3 N–H and O–H groups in total. The van der Waals surface area contributed by atoms with Crippen LogP contribution in [0.4, 0.5) is 11.4 Å². The second kappa shape index (κ2) is 6.44. The van der Waals surface area contributed by atoms with E-state index < -0.39 is 20.9 Å². The molecular weight excluding hydrogens is 390 g/mol. The molecular formula is C13H10BrN3O5S. The number of amides is 1. The molecule has 120 valence electrons. The van der Waals surface area contributed by atoms with Gasteiger partial charge in [-0.1, -0.05) is 6.07 Å². The molecule has 2 aromatic carbocycles. The summed E-state index contributed by atoms with van der Waals surface area (Å²) in [4.78, 5) is 22.2. The zero-order chi connectivity index (χ0) is 17.2. The highest BCUT2D eigenvalue weighted by atomic mass is 79.9. The predicted octanol–water partition coefficient (Wildman–Crippen LogP) is 2.26. The number of carbonyl (C=O) groups is 1. The average Bonchev–Trinajstić information content (AvgIpc) is 2.46. The number of benzene rings is 2. The van der Waals surface area contributed by atoms with Crippen LogP contribution in [-0.4, -0.2) is 19.2 Å². The van der Waals surface area contributed by atoms with Crippen molar-refractivity contribution >= 4 is 43.2 Å². The van der Waals surface area contributed by atoms with E-state index in [1.807, 2.05) is 0 Å². The Morgan fingerprint density at radius 3 is 2.52 bits per heavy atom. The number of primary sulfonamides is 1. The molecule has 0 spiro atoms. The molecule has 0 saturated heterocycles. The molecule has 0 bridgehead atoms. The average molecular weight is 400 g/mol. The molecule has 0 aliphatic carbocycles. The molecule has 2 rings (SSSR count). The SMILES string of the molecule is NS(=O)(=O)c1cccc(NC(=O)c2ccc(Br)c([N+](=O)[O-])c2)c1. The van der Waals surface area contributed by atoms with Crippen molar-refractivity contribution < 1.29 is 18.1 Å². The number of sulfonamides is 1. The van der Waals surface area contributed by atoms with Crippen LogP contribution in [0.1, 0.15) is 10.4 Å². The minimum Gasteiger partial charge on any atom is -0.322 e. The second-order valence-corrected chi connectivity index (χ2v) is 6.87. The summed E-state index contributed by atoms with van der Waals surface area (Å²) >= 11 is 3.02. The number of nitro benzene ring substituents is 1. The summed E-state index contributed by atoms with van der Waals surface area (Å²) in [7, 11) is -3.90. The van der Waals surface area contributed by atoms with Crippen LogP contribution in [0.2, 0.25) is 0 Å². The Hall–Kier alpha value is -2.30. The monoisotopic (exact) mass is 399 g/mol. The number of nitrogens with two attached hydrogens (primary N) is 1. The van der Waals surface area contributed by atoms with Gasteiger partial charge in [0.25, 0.3) is 11.6 Å². The van der Waals surface area contributed by atoms with Gasteiger partial charge in [0.15, 0.2) is 0 Å². The van der Waals surface area contributed by atoms with Crippen molar-refractivity contribution in [2.75, 3.05) is 5.32 Å². The lowest BCUT2D eigenvalue weighted by Gasteiger charge is -2.07. The van der Waals surface area contributed by atoms with E-state index in [0.29, 0.717) is 0 Å². The highest BCUT2D eigenvalue weighted by Crippen LogP contribution is 2.26. The summed E-state index contributed by atoms with van der Waals surface area (Å²) in [6.45, 7) is 0. The molecule has 0 aliphatic rings. The number of hydrogen-bond donors (Lipinski definition) is 2. The number of rotatable bonds is 4. The van der Waals surface area contributed by atoms with E-state index in [1.165, 1.54) is 36.4 Å². The first-order chi connectivity index (χ1) is 10.7. The fraction of sp³-hybridized carbons (Fsp3) is 0. The summed E-state index contributed by atoms with van der Waals surface area (Å²) in [6, 6.07) is 9.27. The molecule has 0 saturated carbocycles. The number of carbonyl (C=O) groups excluding carboxylic acids is 1. The molecule has 10 heteroatoms. The fourth-order valence-corrected chi connectivity index (χ4v) is 2.70. The van der Waals surface area contributed by atoms with E-state index in [-0.39, 0.29) is 26.3 Å². The zero-order valence-electron chi connectivity index (χ0n) is 11.4. The van der Waals surface area contributed by atoms with E-state index in [1.54, 1.807) is 0 Å². The molecule has 23 heavy (non-hydrogen) atoms. The molecule has 8 nitrogen and oxygen atoms in total. The lowest BCUT2D eigenvalue weighted by Crippen LogP contribution is -2.15. The van der Waals surface area contributed by atoms with E-state index in [9.17, 15) is 23.3 Å². The maximum Gasteiger partial charge on any atom is 0.284 e. The van der Waals surface area contributed by atoms with Gasteiger partial charge in [-0.3, -0.25) is 14.9 Å². The second-order valence-electron chi connectivity index (χ2n) is 4.45. The van der Waals surface area contributed by atoms with Gasteiger partial charge in [-0.15, -0.1) is 0 Å². The van der Waals surface area contributed by atoms with E-state index in [0.717, 1.165) is 6.07 Å². The molecule has 0 heterocycles. The van der Waals surface area contributed by atoms with E-state index in [2.05, 4.69) is 21.2 Å². The van der Waals surface area contributed by atoms with Gasteiger partial charge in [0.1, 0.15) is 0 Å². The smallest absolute Gasteiger partial charge is 0.284 e. The summed E-state index contributed by atoms with van der Waals surface area (Å²) in [5, 5.41) is 18.3. The molecule has 0 fully saturated rings. The molecule has 0 unspecified atom stereocenters. The summed E-state index contributed by atoms with van der Waals surface area (Å²) < 4.78 is 22.8. The van der Waals surface area contributed by atoms with Crippen LogP contribution >= 0.6 is 15.9 Å². The van der Waals surface area contributed by atoms with Crippen LogP contribution < -0.4 is 10.5 Å². The lowest BCUT2D eigenvalue weighted by molar-refractivity contribution is -0.385. The van der Waals surface area contributed by atoms with Gasteiger partial charge >= 0.3 is 0 Å². The molecule has 0 aliphatic heterocycles. The summed E-state index contributed by atoms with van der Waals surface area (Å²) in [6.07, 6.45) is 0. The van der Waals surface area contributed by atoms with Crippen molar-refractivity contribution in [1.82, 2.24) is 0 Å². The Balaban J connectivity index is 2.30. The van der Waals surface area contributed by atoms with Crippen LogP contribution in [0.5, 0.6) is 0 Å². The standard InChI is InChI=1S/C13H10BrN3O5S/c14-11-5-4-8(6-12(11)17(19)20)13(18)16-9-2-1-3-10(7-9)23(15,21)22/h1-7H,(H,16,18)(H2,15,21,22). The fourth-order valence-electron chi connectivity index (χ4n) is 1.75. The number of halogens is 1. The lowest BCUT2D eigenvalue weighted by atomic mass is 10.2. The van der Waals surface area contributed by atoms with Gasteiger partial charge in [0, 0.05) is 17.3 Å². The number of anilines is 1. The van der Waals surface area contributed by atoms with Crippen molar-refractivity contribution in [2.24, 2.45) is 5.14 Å². The Bertz CT molecular complexity index is 898. The minimum atomic E-state index is -3.90. The molecule has 0 radical (unpaired) electrons. The van der Waals surface area contributed by atoms with Crippen molar-refractivity contribution in [3.63, 3.8) is 0 Å². The largest absolute Gasteiger partial charge is 0.322 e. The third-order valence-corrected chi connectivity index (χ3v) is 4.41. The summed E-state index contributed by atoms with van der Waals surface area (Å²) in [5.41, 5.74) is 0.00365. The number of nitrogens with one attached hydrogen (secondary N) is 1.